The van der Waals surface area contributed by atoms with Gasteiger partial charge in [0.1, 0.15) is 0 Å². The zero-order chi connectivity index (χ0) is 14.8. The SMILES string of the molecule is C[C@H](CC(=O)c1ccccc1)c1cn(C)c2ccccc12. The summed E-state index contributed by atoms with van der Waals surface area (Å²) >= 11 is 0. The second kappa shape index (κ2) is 5.57. The van der Waals surface area contributed by atoms with Crippen LogP contribution in [0.5, 0.6) is 0 Å². The molecule has 0 amide bonds. The van der Waals surface area contributed by atoms with Crippen molar-refractivity contribution >= 4 is 16.7 Å². The van der Waals surface area contributed by atoms with Gasteiger partial charge >= 0.3 is 0 Å². The molecule has 3 aromatic rings. The smallest absolute Gasteiger partial charge is 0.163 e. The molecule has 0 spiro atoms. The van der Waals surface area contributed by atoms with Crippen LogP contribution in [-0.2, 0) is 7.05 Å². The van der Waals surface area contributed by atoms with Crippen LogP contribution in [0.1, 0.15) is 35.2 Å². The van der Waals surface area contributed by atoms with E-state index in [0.717, 1.165) is 5.56 Å². The minimum atomic E-state index is 0.205. The van der Waals surface area contributed by atoms with E-state index in [4.69, 9.17) is 0 Å². The minimum absolute atomic E-state index is 0.205. The van der Waals surface area contributed by atoms with Crippen molar-refractivity contribution in [3.8, 4) is 0 Å². The predicted octanol–water partition coefficient (Wildman–Crippen LogP) is 4.55. The van der Waals surface area contributed by atoms with Crippen molar-refractivity contribution in [2.45, 2.75) is 19.3 Å². The largest absolute Gasteiger partial charge is 0.350 e. The lowest BCUT2D eigenvalue weighted by molar-refractivity contribution is 0.0976. The monoisotopic (exact) mass is 277 g/mol. The standard InChI is InChI=1S/C19H19NO/c1-14(12-19(21)15-8-4-3-5-9-15)17-13-20(2)18-11-7-6-10-16(17)18/h3-11,13-14H,12H2,1-2H3/t14-/m1/s1. The van der Waals surface area contributed by atoms with Gasteiger partial charge in [-0.25, -0.2) is 0 Å². The molecule has 0 bridgehead atoms. The maximum atomic E-state index is 12.4. The molecule has 2 nitrogen and oxygen atoms in total. The van der Waals surface area contributed by atoms with E-state index >= 15 is 0 Å². The van der Waals surface area contributed by atoms with Crippen LogP contribution in [-0.4, -0.2) is 10.4 Å². The first-order valence-corrected chi connectivity index (χ1v) is 7.29. The third-order valence-electron chi connectivity index (χ3n) is 4.05. The second-order valence-corrected chi connectivity index (χ2v) is 5.61. The molecule has 106 valence electrons. The Balaban J connectivity index is 1.88. The normalized spacial score (nSPS) is 12.5. The van der Waals surface area contributed by atoms with Gasteiger partial charge in [-0.05, 0) is 17.5 Å². The number of rotatable bonds is 4. The number of aryl methyl sites for hydroxylation is 1. The molecule has 0 saturated heterocycles. The number of carbonyl (C=O) groups is 1. The molecule has 0 radical (unpaired) electrons. The van der Waals surface area contributed by atoms with Gasteiger partial charge in [-0.1, -0.05) is 55.5 Å². The summed E-state index contributed by atoms with van der Waals surface area (Å²) in [7, 11) is 2.05. The number of ketones is 1. The van der Waals surface area contributed by atoms with Crippen LogP contribution in [0.3, 0.4) is 0 Å². The van der Waals surface area contributed by atoms with Gasteiger partial charge in [-0.2, -0.15) is 0 Å². The maximum absolute atomic E-state index is 12.4. The highest BCUT2D eigenvalue weighted by atomic mass is 16.1. The predicted molar refractivity (Wildman–Crippen MR) is 86.7 cm³/mol. The third-order valence-corrected chi connectivity index (χ3v) is 4.05. The summed E-state index contributed by atoms with van der Waals surface area (Å²) in [5.41, 5.74) is 3.26. The first-order chi connectivity index (χ1) is 10.2. The van der Waals surface area contributed by atoms with E-state index in [2.05, 4.69) is 42.9 Å². The molecule has 0 N–H and O–H groups in total. The summed E-state index contributed by atoms with van der Waals surface area (Å²) in [6, 6.07) is 17.9. The molecule has 0 aliphatic carbocycles. The molecule has 0 fully saturated rings. The molecule has 0 saturated carbocycles. The van der Waals surface area contributed by atoms with Crippen molar-refractivity contribution in [3.05, 3.63) is 71.9 Å². The lowest BCUT2D eigenvalue weighted by Crippen LogP contribution is -2.04. The van der Waals surface area contributed by atoms with Gasteiger partial charge in [-0.15, -0.1) is 0 Å². The molecule has 0 aliphatic rings. The number of benzene rings is 2. The number of hydrogen-bond acceptors (Lipinski definition) is 1. The van der Waals surface area contributed by atoms with Crippen LogP contribution in [0.25, 0.3) is 10.9 Å². The number of nitrogens with zero attached hydrogens (tertiary/aromatic N) is 1. The fourth-order valence-electron chi connectivity index (χ4n) is 2.90. The Morgan fingerprint density at radius 2 is 1.71 bits per heavy atom. The van der Waals surface area contributed by atoms with Crippen LogP contribution in [0.2, 0.25) is 0 Å². The van der Waals surface area contributed by atoms with E-state index in [9.17, 15) is 4.79 Å². The molecule has 1 heterocycles. The molecule has 2 aromatic carbocycles. The van der Waals surface area contributed by atoms with Gasteiger partial charge in [0.25, 0.3) is 0 Å². The highest BCUT2D eigenvalue weighted by molar-refractivity contribution is 5.97. The van der Waals surface area contributed by atoms with E-state index in [1.165, 1.54) is 16.5 Å². The van der Waals surface area contributed by atoms with Crippen molar-refractivity contribution in [2.75, 3.05) is 0 Å². The molecule has 3 rings (SSSR count). The molecule has 0 aliphatic heterocycles. The van der Waals surface area contributed by atoms with Crippen molar-refractivity contribution in [1.29, 1.82) is 0 Å². The van der Waals surface area contributed by atoms with E-state index in [-0.39, 0.29) is 11.7 Å². The van der Waals surface area contributed by atoms with Crippen LogP contribution in [0.15, 0.2) is 60.8 Å². The molecular weight excluding hydrogens is 258 g/mol. The summed E-state index contributed by atoms with van der Waals surface area (Å²) in [6.07, 6.45) is 2.69. The van der Waals surface area contributed by atoms with E-state index < -0.39 is 0 Å². The van der Waals surface area contributed by atoms with Crippen LogP contribution >= 0.6 is 0 Å². The fraction of sp³-hybridized carbons (Fsp3) is 0.211. The number of aromatic nitrogens is 1. The first-order valence-electron chi connectivity index (χ1n) is 7.29. The highest BCUT2D eigenvalue weighted by Gasteiger charge is 2.16. The lowest BCUT2D eigenvalue weighted by Gasteiger charge is -2.10. The van der Waals surface area contributed by atoms with Gasteiger partial charge in [0.05, 0.1) is 0 Å². The quantitative estimate of drug-likeness (QED) is 0.641. The number of hydrogen-bond donors (Lipinski definition) is 0. The van der Waals surface area contributed by atoms with E-state index in [1.54, 1.807) is 0 Å². The van der Waals surface area contributed by atoms with Gasteiger partial charge in [-0.3, -0.25) is 4.79 Å². The fourth-order valence-corrected chi connectivity index (χ4v) is 2.90. The van der Waals surface area contributed by atoms with Crippen molar-refractivity contribution in [1.82, 2.24) is 4.57 Å². The maximum Gasteiger partial charge on any atom is 0.163 e. The topological polar surface area (TPSA) is 22.0 Å². The average molecular weight is 277 g/mol. The molecule has 1 atom stereocenters. The summed E-state index contributed by atoms with van der Waals surface area (Å²) in [4.78, 5) is 12.4. The zero-order valence-electron chi connectivity index (χ0n) is 12.4. The Morgan fingerprint density at radius 1 is 1.05 bits per heavy atom. The number of carbonyl (C=O) groups excluding carboxylic acids is 1. The lowest BCUT2D eigenvalue weighted by atomic mass is 9.93. The van der Waals surface area contributed by atoms with Gasteiger partial charge in [0.2, 0.25) is 0 Å². The van der Waals surface area contributed by atoms with Crippen LogP contribution in [0, 0.1) is 0 Å². The van der Waals surface area contributed by atoms with Crippen molar-refractivity contribution in [3.63, 3.8) is 0 Å². The highest BCUT2D eigenvalue weighted by Crippen LogP contribution is 2.29. The van der Waals surface area contributed by atoms with E-state index in [1.807, 2.05) is 36.4 Å². The Bertz CT molecular complexity index is 771. The number of fused-ring (bicyclic) bond motifs is 1. The molecular formula is C19H19NO. The average Bonchev–Trinajstić information content (AvgIpc) is 2.86. The Hall–Kier alpha value is -2.35. The van der Waals surface area contributed by atoms with Crippen LogP contribution in [0.4, 0.5) is 0 Å². The summed E-state index contributed by atoms with van der Waals surface area (Å²) in [5, 5.41) is 1.24. The summed E-state index contributed by atoms with van der Waals surface area (Å²) < 4.78 is 2.13. The zero-order valence-corrected chi connectivity index (χ0v) is 12.4. The molecule has 21 heavy (non-hydrogen) atoms. The Kier molecular flexibility index (Phi) is 3.61. The number of Topliss-reactive ketones (excluding diaryl/α,β-unsaturated/α-hetero) is 1. The van der Waals surface area contributed by atoms with Gasteiger partial charge < -0.3 is 4.57 Å². The van der Waals surface area contributed by atoms with Gasteiger partial charge in [0, 0.05) is 36.1 Å². The first kappa shape index (κ1) is 13.6. The summed E-state index contributed by atoms with van der Waals surface area (Å²) in [6.45, 7) is 2.13. The Morgan fingerprint density at radius 3 is 2.48 bits per heavy atom. The van der Waals surface area contributed by atoms with Crippen molar-refractivity contribution in [2.24, 2.45) is 7.05 Å². The van der Waals surface area contributed by atoms with E-state index in [0.29, 0.717) is 6.42 Å². The van der Waals surface area contributed by atoms with Crippen molar-refractivity contribution < 1.29 is 4.79 Å². The number of para-hydroxylation sites is 1. The van der Waals surface area contributed by atoms with Crippen LogP contribution < -0.4 is 0 Å². The minimum Gasteiger partial charge on any atom is -0.350 e. The summed E-state index contributed by atoms with van der Waals surface area (Å²) in [5.74, 6) is 0.417. The Labute approximate surface area is 125 Å². The third kappa shape index (κ3) is 2.62. The second-order valence-electron chi connectivity index (χ2n) is 5.61. The van der Waals surface area contributed by atoms with Gasteiger partial charge in [0.15, 0.2) is 5.78 Å². The molecule has 1 aromatic heterocycles. The molecule has 0 unspecified atom stereocenters. The molecule has 2 heteroatoms.